The van der Waals surface area contributed by atoms with Crippen molar-refractivity contribution < 1.29 is 14.2 Å². The summed E-state index contributed by atoms with van der Waals surface area (Å²) in [6.45, 7) is 1.11. The number of nitrogens with zero attached hydrogens (tertiary/aromatic N) is 6. The van der Waals surface area contributed by atoms with Gasteiger partial charge in [-0.25, -0.2) is 23.9 Å². The molecule has 0 radical (unpaired) electrons. The fourth-order valence-electron chi connectivity index (χ4n) is 3.85. The molecule has 0 aromatic carbocycles. The molecule has 0 amide bonds. The molecular formula is C18H18FN7O2. The highest BCUT2D eigenvalue weighted by molar-refractivity contribution is 6.03. The third kappa shape index (κ3) is 2.60. The van der Waals surface area contributed by atoms with Crippen LogP contribution in [0.15, 0.2) is 29.5 Å². The van der Waals surface area contributed by atoms with Gasteiger partial charge in [-0.05, 0) is 25.0 Å². The van der Waals surface area contributed by atoms with Crippen LogP contribution in [0.3, 0.4) is 0 Å². The quantitative estimate of drug-likeness (QED) is 0.609. The van der Waals surface area contributed by atoms with Crippen LogP contribution in [0, 0.1) is 5.82 Å². The molecule has 3 N–H and O–H groups in total. The Morgan fingerprint density at radius 3 is 3.14 bits per heavy atom. The first-order chi connectivity index (χ1) is 13.6. The van der Waals surface area contributed by atoms with Crippen LogP contribution in [0.2, 0.25) is 0 Å². The number of rotatable bonds is 0. The summed E-state index contributed by atoms with van der Waals surface area (Å²) in [5, 5.41) is 14.6. The topological polar surface area (TPSA) is 114 Å². The Hall–Kier alpha value is -3.43. The molecule has 144 valence electrons. The standard InChI is InChI=1S/C18H18FN7O2/c19-10-8-11-12-2-1-5-25(12)13-3-6-26-16(23-13)14(15(20)24-26)17(27)21-4-7-28-18(11)22-9-10/h3,6,8-9,12H,1-2,4-5,7H2,(H2,20,24)(H,21,27). The van der Waals surface area contributed by atoms with Crippen molar-refractivity contribution in [2.45, 2.75) is 18.9 Å². The van der Waals surface area contributed by atoms with Crippen molar-refractivity contribution in [3.63, 3.8) is 0 Å². The third-order valence-corrected chi connectivity index (χ3v) is 5.06. The van der Waals surface area contributed by atoms with E-state index in [0.29, 0.717) is 28.5 Å². The number of nitrogen functional groups attached to an aromatic ring is 1. The van der Waals surface area contributed by atoms with E-state index in [1.54, 1.807) is 6.20 Å². The first-order valence-electron chi connectivity index (χ1n) is 9.05. The Bertz CT molecular complexity index is 1100. The Morgan fingerprint density at radius 1 is 1.36 bits per heavy atom. The summed E-state index contributed by atoms with van der Waals surface area (Å²) in [5.41, 5.74) is 7.37. The van der Waals surface area contributed by atoms with E-state index >= 15 is 0 Å². The highest BCUT2D eigenvalue weighted by Gasteiger charge is 2.31. The number of aliphatic hydroxyl groups excluding tert-OH is 1. The number of fused-ring (bicyclic) bond motifs is 5. The maximum atomic E-state index is 14.0. The number of halogens is 1. The lowest BCUT2D eigenvalue weighted by molar-refractivity contribution is 0.308. The van der Waals surface area contributed by atoms with Gasteiger partial charge in [-0.15, -0.1) is 5.10 Å². The van der Waals surface area contributed by atoms with Crippen LogP contribution in [0.25, 0.3) is 5.65 Å². The molecule has 0 saturated carbocycles. The number of nitrogens with two attached hydrogens (primary N) is 1. The zero-order valence-electron chi connectivity index (χ0n) is 14.9. The van der Waals surface area contributed by atoms with Crippen molar-refractivity contribution in [3.8, 4) is 5.88 Å². The smallest absolute Gasteiger partial charge is 0.221 e. The molecule has 2 aliphatic rings. The second-order valence-corrected chi connectivity index (χ2v) is 6.77. The summed E-state index contributed by atoms with van der Waals surface area (Å²) >= 11 is 0. The fraction of sp³-hybridized carbons (Fsp3) is 0.333. The predicted octanol–water partition coefficient (Wildman–Crippen LogP) is 1.88. The average Bonchev–Trinajstić information content (AvgIpc) is 3.28. The van der Waals surface area contributed by atoms with Crippen molar-refractivity contribution in [2.75, 3.05) is 30.3 Å². The van der Waals surface area contributed by atoms with Gasteiger partial charge in [0.25, 0.3) is 0 Å². The summed E-state index contributed by atoms with van der Waals surface area (Å²) in [6.07, 6.45) is 4.62. The molecule has 0 aliphatic carbocycles. The van der Waals surface area contributed by atoms with E-state index in [1.165, 1.54) is 10.6 Å². The normalized spacial score (nSPS) is 21.1. The monoisotopic (exact) mass is 383 g/mol. The molecule has 1 unspecified atom stereocenters. The number of aromatic nitrogens is 4. The molecule has 0 spiro atoms. The summed E-state index contributed by atoms with van der Waals surface area (Å²) < 4.78 is 21.2. The van der Waals surface area contributed by atoms with Gasteiger partial charge < -0.3 is 20.5 Å². The van der Waals surface area contributed by atoms with E-state index in [1.807, 2.05) is 6.07 Å². The molecule has 3 aromatic heterocycles. The number of pyridine rings is 1. The number of aliphatic hydroxyl groups is 1. The van der Waals surface area contributed by atoms with Crippen LogP contribution < -0.4 is 15.4 Å². The number of ether oxygens (including phenoxy) is 1. The van der Waals surface area contributed by atoms with Gasteiger partial charge >= 0.3 is 0 Å². The van der Waals surface area contributed by atoms with Gasteiger partial charge in [0.2, 0.25) is 11.8 Å². The van der Waals surface area contributed by atoms with E-state index < -0.39 is 5.82 Å². The molecular weight excluding hydrogens is 365 g/mol. The molecule has 28 heavy (non-hydrogen) atoms. The second-order valence-electron chi connectivity index (χ2n) is 6.77. The maximum Gasteiger partial charge on any atom is 0.221 e. The highest BCUT2D eigenvalue weighted by atomic mass is 19.1. The molecule has 5 heterocycles. The number of anilines is 2. The Balaban J connectivity index is 1.72. The van der Waals surface area contributed by atoms with Crippen LogP contribution in [-0.4, -0.2) is 50.3 Å². The Morgan fingerprint density at radius 2 is 2.25 bits per heavy atom. The van der Waals surface area contributed by atoms with Crippen LogP contribution in [0.1, 0.15) is 30.0 Å². The van der Waals surface area contributed by atoms with Gasteiger partial charge in [-0.3, -0.25) is 0 Å². The van der Waals surface area contributed by atoms with Gasteiger partial charge in [0.1, 0.15) is 23.8 Å². The van der Waals surface area contributed by atoms with Gasteiger partial charge in [0.05, 0.1) is 18.8 Å². The van der Waals surface area contributed by atoms with Crippen LogP contribution in [0.5, 0.6) is 5.88 Å². The summed E-state index contributed by atoms with van der Waals surface area (Å²) in [6, 6.07) is 3.17. The van der Waals surface area contributed by atoms with E-state index in [-0.39, 0.29) is 30.9 Å². The van der Waals surface area contributed by atoms with Gasteiger partial charge in [0, 0.05) is 18.3 Å². The number of hydrogen-bond donors (Lipinski definition) is 2. The molecule has 1 saturated heterocycles. The van der Waals surface area contributed by atoms with Gasteiger partial charge in [-0.2, -0.15) is 0 Å². The SMILES string of the molecule is Nc1nn2ccc3nc2c1/C(O)=N/CCOc1ncc(F)cc1C1CCCN31. The Kier molecular flexibility index (Phi) is 3.78. The van der Waals surface area contributed by atoms with Crippen LogP contribution >= 0.6 is 0 Å². The largest absolute Gasteiger partial charge is 0.493 e. The van der Waals surface area contributed by atoms with Crippen molar-refractivity contribution in [1.29, 1.82) is 0 Å². The molecule has 1 atom stereocenters. The fourth-order valence-corrected chi connectivity index (χ4v) is 3.85. The molecule has 1 fully saturated rings. The van der Waals surface area contributed by atoms with Crippen molar-refractivity contribution in [2.24, 2.45) is 4.99 Å². The average molecular weight is 383 g/mol. The highest BCUT2D eigenvalue weighted by Crippen LogP contribution is 2.39. The van der Waals surface area contributed by atoms with Crippen LogP contribution in [0.4, 0.5) is 16.0 Å². The molecule has 3 aromatic rings. The lowest BCUT2D eigenvalue weighted by atomic mass is 10.1. The summed E-state index contributed by atoms with van der Waals surface area (Å²) in [7, 11) is 0. The van der Waals surface area contributed by atoms with Gasteiger partial charge in [0.15, 0.2) is 11.5 Å². The summed E-state index contributed by atoms with van der Waals surface area (Å²) in [4.78, 5) is 15.0. The molecule has 5 rings (SSSR count). The van der Waals surface area contributed by atoms with E-state index in [4.69, 9.17) is 10.5 Å². The molecule has 2 aliphatic heterocycles. The first kappa shape index (κ1) is 16.7. The minimum Gasteiger partial charge on any atom is -0.493 e. The van der Waals surface area contributed by atoms with E-state index in [0.717, 1.165) is 25.6 Å². The third-order valence-electron chi connectivity index (χ3n) is 5.06. The first-order valence-corrected chi connectivity index (χ1v) is 9.05. The van der Waals surface area contributed by atoms with E-state index in [2.05, 4.69) is 25.0 Å². The molecule has 10 heteroatoms. The van der Waals surface area contributed by atoms with Crippen LogP contribution in [-0.2, 0) is 0 Å². The molecule has 2 bridgehead atoms. The summed E-state index contributed by atoms with van der Waals surface area (Å²) in [5.74, 6) is 0.537. The minimum absolute atomic E-state index is 0.118. The zero-order valence-corrected chi connectivity index (χ0v) is 14.9. The Labute approximate surface area is 159 Å². The maximum absolute atomic E-state index is 14.0. The lowest BCUT2D eigenvalue weighted by Gasteiger charge is -2.27. The van der Waals surface area contributed by atoms with E-state index in [9.17, 15) is 9.50 Å². The number of aliphatic imine (C=N–C) groups is 1. The second kappa shape index (κ2) is 6.32. The molecule has 9 nitrogen and oxygen atoms in total. The van der Waals surface area contributed by atoms with Crippen molar-refractivity contribution in [3.05, 3.63) is 41.5 Å². The zero-order chi connectivity index (χ0) is 19.3. The van der Waals surface area contributed by atoms with Crippen molar-refractivity contribution in [1.82, 2.24) is 19.6 Å². The minimum atomic E-state index is -0.413. The predicted molar refractivity (Wildman–Crippen MR) is 100 cm³/mol. The lowest BCUT2D eigenvalue weighted by Crippen LogP contribution is -2.24. The van der Waals surface area contributed by atoms with Gasteiger partial charge in [-0.1, -0.05) is 0 Å². The van der Waals surface area contributed by atoms with Crippen molar-refractivity contribution >= 4 is 23.2 Å². The number of hydrogen-bond acceptors (Lipinski definition) is 7.